The van der Waals surface area contributed by atoms with Crippen LogP contribution in [-0.4, -0.2) is 44.7 Å². The van der Waals surface area contributed by atoms with Crippen molar-refractivity contribution in [3.8, 4) is 0 Å². The molecule has 0 aliphatic heterocycles. The lowest BCUT2D eigenvalue weighted by Gasteiger charge is -2.63. The molecule has 4 rings (SSSR count). The second kappa shape index (κ2) is 7.49. The van der Waals surface area contributed by atoms with Gasteiger partial charge in [0.1, 0.15) is 0 Å². The Balaban J connectivity index is 1.61. The number of aliphatic carboxylic acids is 1. The summed E-state index contributed by atoms with van der Waals surface area (Å²) in [6.07, 6.45) is 6.00. The van der Waals surface area contributed by atoms with Crippen LogP contribution in [0.5, 0.6) is 0 Å². The molecule has 0 aromatic heterocycles. The van der Waals surface area contributed by atoms with Gasteiger partial charge in [0.05, 0.1) is 18.3 Å². The predicted molar refractivity (Wildman–Crippen MR) is 110 cm³/mol. The summed E-state index contributed by atoms with van der Waals surface area (Å²) in [5, 5.41) is 42.0. The predicted octanol–water partition coefficient (Wildman–Crippen LogP) is 3.45. The summed E-state index contributed by atoms with van der Waals surface area (Å²) in [5.74, 6) is 0.997. The summed E-state index contributed by atoms with van der Waals surface area (Å²) >= 11 is 0. The highest BCUT2D eigenvalue weighted by molar-refractivity contribution is 5.66. The number of rotatable bonds is 4. The van der Waals surface area contributed by atoms with Gasteiger partial charge in [-0.1, -0.05) is 20.8 Å². The van der Waals surface area contributed by atoms with E-state index in [-0.39, 0.29) is 41.3 Å². The van der Waals surface area contributed by atoms with Crippen molar-refractivity contribution >= 4 is 5.97 Å². The van der Waals surface area contributed by atoms with Gasteiger partial charge in [0.15, 0.2) is 0 Å². The number of carbonyl (C=O) groups is 1. The van der Waals surface area contributed by atoms with Crippen LogP contribution < -0.4 is 0 Å². The average Bonchev–Trinajstić information content (AvgIpc) is 3.01. The fourth-order valence-corrected chi connectivity index (χ4v) is 8.68. The summed E-state index contributed by atoms with van der Waals surface area (Å²) in [4.78, 5) is 11.1. The number of carboxylic acids is 1. The standard InChI is InChI=1S/C24H40O5/c1-13(4-7-21(28)29)16-5-6-17-22-18(12-20(27)24(16,17)3)23(2)9-8-15(25)10-14(23)11-19(22)26/h13-20,22,25-27H,4-12H2,1-3H3,(H,28,29)/t13?,14-,15+,16?,17?,18-,19+,20-,22-,23-,24+/m0/s1. The van der Waals surface area contributed by atoms with Gasteiger partial charge in [0, 0.05) is 6.42 Å². The highest BCUT2D eigenvalue weighted by atomic mass is 16.4. The molecule has 3 unspecified atom stereocenters. The molecule has 5 heteroatoms. The number of aliphatic hydroxyl groups excluding tert-OH is 3. The third-order valence-electron chi connectivity index (χ3n) is 10.3. The highest BCUT2D eigenvalue weighted by Gasteiger charge is 2.65. The molecule has 29 heavy (non-hydrogen) atoms. The van der Waals surface area contributed by atoms with Crippen LogP contribution in [-0.2, 0) is 4.79 Å². The molecule has 4 fully saturated rings. The Morgan fingerprint density at radius 1 is 1.03 bits per heavy atom. The van der Waals surface area contributed by atoms with Gasteiger partial charge in [0.25, 0.3) is 0 Å². The quantitative estimate of drug-likeness (QED) is 0.571. The van der Waals surface area contributed by atoms with Crippen molar-refractivity contribution in [2.45, 2.75) is 96.9 Å². The van der Waals surface area contributed by atoms with Crippen molar-refractivity contribution < 1.29 is 25.2 Å². The molecule has 0 amide bonds. The van der Waals surface area contributed by atoms with Crippen molar-refractivity contribution in [2.75, 3.05) is 0 Å². The van der Waals surface area contributed by atoms with E-state index in [1.807, 2.05) is 0 Å². The van der Waals surface area contributed by atoms with E-state index in [0.717, 1.165) is 44.9 Å². The largest absolute Gasteiger partial charge is 0.481 e. The van der Waals surface area contributed by atoms with Gasteiger partial charge in [-0.2, -0.15) is 0 Å². The minimum atomic E-state index is -0.748. The monoisotopic (exact) mass is 408 g/mol. The van der Waals surface area contributed by atoms with Crippen LogP contribution in [0.4, 0.5) is 0 Å². The average molecular weight is 409 g/mol. The molecular weight excluding hydrogens is 368 g/mol. The molecule has 4 N–H and O–H groups in total. The fourth-order valence-electron chi connectivity index (χ4n) is 8.68. The topological polar surface area (TPSA) is 98.0 Å². The van der Waals surface area contributed by atoms with Crippen LogP contribution >= 0.6 is 0 Å². The van der Waals surface area contributed by atoms with Crippen LogP contribution in [0.1, 0.15) is 78.6 Å². The van der Waals surface area contributed by atoms with Gasteiger partial charge in [-0.15, -0.1) is 0 Å². The Hall–Kier alpha value is -0.650. The van der Waals surface area contributed by atoms with Crippen molar-refractivity contribution in [1.29, 1.82) is 0 Å². The van der Waals surface area contributed by atoms with Crippen LogP contribution in [0.2, 0.25) is 0 Å². The fraction of sp³-hybridized carbons (Fsp3) is 0.958. The number of hydrogen-bond acceptors (Lipinski definition) is 4. The number of carboxylic acid groups (broad SMARTS) is 1. The first-order valence-corrected chi connectivity index (χ1v) is 11.8. The smallest absolute Gasteiger partial charge is 0.303 e. The Kier molecular flexibility index (Phi) is 5.57. The van der Waals surface area contributed by atoms with E-state index in [4.69, 9.17) is 5.11 Å². The molecule has 0 heterocycles. The van der Waals surface area contributed by atoms with Crippen LogP contribution in [0.25, 0.3) is 0 Å². The number of hydrogen-bond donors (Lipinski definition) is 4. The van der Waals surface area contributed by atoms with Crippen molar-refractivity contribution in [3.05, 3.63) is 0 Å². The van der Waals surface area contributed by atoms with E-state index in [9.17, 15) is 20.1 Å². The van der Waals surface area contributed by atoms with E-state index in [2.05, 4.69) is 20.8 Å². The summed E-state index contributed by atoms with van der Waals surface area (Å²) < 4.78 is 0. The first-order chi connectivity index (χ1) is 13.6. The first kappa shape index (κ1) is 21.6. The summed E-state index contributed by atoms with van der Waals surface area (Å²) in [7, 11) is 0. The van der Waals surface area contributed by atoms with Gasteiger partial charge in [-0.05, 0) is 97.7 Å². The summed E-state index contributed by atoms with van der Waals surface area (Å²) in [6.45, 7) is 6.72. The molecule has 0 bridgehead atoms. The Morgan fingerprint density at radius 2 is 1.76 bits per heavy atom. The molecule has 11 atom stereocenters. The highest BCUT2D eigenvalue weighted by Crippen LogP contribution is 2.68. The van der Waals surface area contributed by atoms with Crippen molar-refractivity contribution in [3.63, 3.8) is 0 Å². The zero-order chi connectivity index (χ0) is 21.1. The van der Waals surface area contributed by atoms with Gasteiger partial charge in [-0.3, -0.25) is 4.79 Å². The lowest BCUT2D eigenvalue weighted by molar-refractivity contribution is -0.207. The first-order valence-electron chi connectivity index (χ1n) is 11.8. The SMILES string of the molecule is CC(CCC(=O)O)C1CCC2[C@@H]3[C@H](O)C[C@@H]4C[C@H](O)CC[C@]4(C)[C@H]3C[C@H](O)[C@]12C. The number of fused-ring (bicyclic) bond motifs is 5. The molecular formula is C24H40O5. The molecule has 166 valence electrons. The minimum absolute atomic E-state index is 0.0957. The van der Waals surface area contributed by atoms with E-state index in [0.29, 0.717) is 30.1 Å². The molecule has 5 nitrogen and oxygen atoms in total. The third kappa shape index (κ3) is 3.27. The maximum Gasteiger partial charge on any atom is 0.303 e. The van der Waals surface area contributed by atoms with E-state index in [1.165, 1.54) is 0 Å². The van der Waals surface area contributed by atoms with Crippen molar-refractivity contribution in [2.24, 2.45) is 46.3 Å². The van der Waals surface area contributed by atoms with Crippen molar-refractivity contribution in [1.82, 2.24) is 0 Å². The van der Waals surface area contributed by atoms with Crippen LogP contribution in [0.15, 0.2) is 0 Å². The van der Waals surface area contributed by atoms with Crippen LogP contribution in [0.3, 0.4) is 0 Å². The Labute approximate surface area is 174 Å². The molecule has 0 saturated heterocycles. The molecule has 0 aromatic carbocycles. The summed E-state index contributed by atoms with van der Waals surface area (Å²) in [6, 6.07) is 0. The van der Waals surface area contributed by atoms with Gasteiger partial charge < -0.3 is 20.4 Å². The van der Waals surface area contributed by atoms with Gasteiger partial charge in [-0.25, -0.2) is 0 Å². The van der Waals surface area contributed by atoms with E-state index in [1.54, 1.807) is 0 Å². The zero-order valence-corrected chi connectivity index (χ0v) is 18.3. The second-order valence-corrected chi connectivity index (χ2v) is 11.4. The normalized spacial score (nSPS) is 52.9. The molecule has 4 saturated carbocycles. The Morgan fingerprint density at radius 3 is 2.45 bits per heavy atom. The lowest BCUT2D eigenvalue weighted by Crippen LogP contribution is -2.62. The van der Waals surface area contributed by atoms with Gasteiger partial charge in [0.2, 0.25) is 0 Å². The maximum absolute atomic E-state index is 11.5. The molecule has 4 aliphatic carbocycles. The summed E-state index contributed by atoms with van der Waals surface area (Å²) in [5.41, 5.74) is -0.143. The van der Waals surface area contributed by atoms with E-state index < -0.39 is 12.1 Å². The molecule has 0 spiro atoms. The maximum atomic E-state index is 11.5. The zero-order valence-electron chi connectivity index (χ0n) is 18.3. The second-order valence-electron chi connectivity index (χ2n) is 11.4. The van der Waals surface area contributed by atoms with Gasteiger partial charge >= 0.3 is 5.97 Å². The molecule has 0 radical (unpaired) electrons. The van der Waals surface area contributed by atoms with E-state index >= 15 is 0 Å². The molecule has 4 aliphatic rings. The third-order valence-corrected chi connectivity index (χ3v) is 10.3. The lowest BCUT2D eigenvalue weighted by atomic mass is 9.43. The number of aliphatic hydroxyl groups is 3. The Bertz CT molecular complexity index is 637. The minimum Gasteiger partial charge on any atom is -0.481 e. The van der Waals surface area contributed by atoms with Crippen LogP contribution in [0, 0.1) is 46.3 Å². The molecule has 0 aromatic rings.